The van der Waals surface area contributed by atoms with Gasteiger partial charge in [-0.15, -0.1) is 22.0 Å². The summed E-state index contributed by atoms with van der Waals surface area (Å²) in [7, 11) is 0. The second kappa shape index (κ2) is 6.61. The molecule has 0 aliphatic heterocycles. The summed E-state index contributed by atoms with van der Waals surface area (Å²) in [6, 6.07) is 16.5. The van der Waals surface area contributed by atoms with Gasteiger partial charge in [0.25, 0.3) is 5.69 Å². The molecule has 0 saturated heterocycles. The van der Waals surface area contributed by atoms with Crippen LogP contribution >= 0.6 is 23.1 Å². The van der Waals surface area contributed by atoms with Gasteiger partial charge in [0.2, 0.25) is 4.96 Å². The molecule has 0 atom stereocenters. The molecule has 0 aliphatic rings. The maximum Gasteiger partial charge on any atom is 0.270 e. The maximum absolute atomic E-state index is 10.9. The van der Waals surface area contributed by atoms with Gasteiger partial charge in [-0.05, 0) is 12.1 Å². The molecule has 0 N–H and O–H groups in total. The predicted octanol–water partition coefficient (Wildman–Crippen LogP) is 4.05. The van der Waals surface area contributed by atoms with Gasteiger partial charge < -0.3 is 0 Å². The number of fused-ring (bicyclic) bond motifs is 1. The highest BCUT2D eigenvalue weighted by molar-refractivity contribution is 7.98. The van der Waals surface area contributed by atoms with E-state index in [1.54, 1.807) is 28.4 Å². The number of thioether (sulfide) groups is 1. The van der Waals surface area contributed by atoms with E-state index < -0.39 is 4.92 Å². The number of benzene rings is 2. The Bertz CT molecular complexity index is 1050. The first kappa shape index (κ1) is 15.7. The monoisotopic (exact) mass is 369 g/mol. The zero-order chi connectivity index (χ0) is 17.2. The Morgan fingerprint density at radius 3 is 2.76 bits per heavy atom. The quantitative estimate of drug-likeness (QED) is 0.300. The van der Waals surface area contributed by atoms with Crippen molar-refractivity contribution in [2.24, 2.45) is 0 Å². The smallest absolute Gasteiger partial charge is 0.258 e. The zero-order valence-electron chi connectivity index (χ0n) is 12.8. The minimum Gasteiger partial charge on any atom is -0.258 e. The first-order valence-electron chi connectivity index (χ1n) is 7.34. The lowest BCUT2D eigenvalue weighted by Crippen LogP contribution is -1.94. The lowest BCUT2D eigenvalue weighted by molar-refractivity contribution is -0.384. The van der Waals surface area contributed by atoms with Crippen molar-refractivity contribution in [1.82, 2.24) is 19.8 Å². The molecular formula is C16H11N5O2S2. The molecule has 7 nitrogen and oxygen atoms in total. The van der Waals surface area contributed by atoms with Crippen LogP contribution in [-0.2, 0) is 5.75 Å². The molecule has 2 aromatic carbocycles. The summed E-state index contributed by atoms with van der Waals surface area (Å²) in [6.45, 7) is 0. The number of nitrogens with zero attached hydrogens (tertiary/aromatic N) is 5. The van der Waals surface area contributed by atoms with E-state index in [1.165, 1.54) is 23.5 Å². The van der Waals surface area contributed by atoms with Crippen molar-refractivity contribution >= 4 is 33.7 Å². The summed E-state index contributed by atoms with van der Waals surface area (Å²) in [4.78, 5) is 12.3. The van der Waals surface area contributed by atoms with Crippen LogP contribution in [0, 0.1) is 10.1 Å². The third kappa shape index (κ3) is 3.24. The Balaban J connectivity index is 1.62. The van der Waals surface area contributed by atoms with Crippen LogP contribution in [-0.4, -0.2) is 24.7 Å². The topological polar surface area (TPSA) is 86.2 Å². The number of hydrogen-bond donors (Lipinski definition) is 0. The molecular weight excluding hydrogens is 358 g/mol. The molecule has 0 saturated carbocycles. The Morgan fingerprint density at radius 2 is 1.96 bits per heavy atom. The average molecular weight is 369 g/mol. The van der Waals surface area contributed by atoms with Gasteiger partial charge in [0.15, 0.2) is 5.82 Å². The van der Waals surface area contributed by atoms with E-state index >= 15 is 0 Å². The Labute approximate surface area is 150 Å². The first-order chi connectivity index (χ1) is 12.2. The van der Waals surface area contributed by atoms with Crippen molar-refractivity contribution in [2.45, 2.75) is 10.6 Å². The first-order valence-corrected chi connectivity index (χ1v) is 9.15. The van der Waals surface area contributed by atoms with E-state index in [9.17, 15) is 10.1 Å². The molecule has 4 rings (SSSR count). The second-order valence-corrected chi connectivity index (χ2v) is 7.13. The molecule has 124 valence electrons. The number of non-ortho nitro benzene ring substituents is 1. The summed E-state index contributed by atoms with van der Waals surface area (Å²) in [5.74, 6) is 1.39. The lowest BCUT2D eigenvalue weighted by atomic mass is 10.2. The number of nitro groups is 1. The average Bonchev–Trinajstić information content (AvgIpc) is 3.22. The van der Waals surface area contributed by atoms with Crippen LogP contribution in [0.5, 0.6) is 0 Å². The van der Waals surface area contributed by atoms with Gasteiger partial charge in [0.05, 0.1) is 10.7 Å². The van der Waals surface area contributed by atoms with Crippen molar-refractivity contribution in [2.75, 3.05) is 0 Å². The molecule has 0 unspecified atom stereocenters. The summed E-state index contributed by atoms with van der Waals surface area (Å²) in [6.07, 6.45) is 0. The van der Waals surface area contributed by atoms with Gasteiger partial charge in [0, 0.05) is 22.6 Å². The van der Waals surface area contributed by atoms with Crippen molar-refractivity contribution in [3.05, 3.63) is 70.5 Å². The predicted molar refractivity (Wildman–Crippen MR) is 96.8 cm³/mol. The number of rotatable bonds is 5. The minimum atomic E-state index is -0.411. The van der Waals surface area contributed by atoms with Crippen molar-refractivity contribution in [1.29, 1.82) is 0 Å². The fourth-order valence-corrected chi connectivity index (χ4v) is 3.96. The fraction of sp³-hybridized carbons (Fsp3) is 0.0625. The van der Waals surface area contributed by atoms with E-state index in [1.807, 2.05) is 30.3 Å². The van der Waals surface area contributed by atoms with E-state index in [0.29, 0.717) is 21.3 Å². The van der Waals surface area contributed by atoms with Gasteiger partial charge in [0.1, 0.15) is 5.01 Å². The maximum atomic E-state index is 10.9. The van der Waals surface area contributed by atoms with Crippen LogP contribution in [0.25, 0.3) is 15.5 Å². The van der Waals surface area contributed by atoms with E-state index in [4.69, 9.17) is 0 Å². The Hall–Kier alpha value is -2.78. The second-order valence-electron chi connectivity index (χ2n) is 5.13. The third-order valence-electron chi connectivity index (χ3n) is 3.47. The molecule has 25 heavy (non-hydrogen) atoms. The molecule has 0 amide bonds. The molecule has 0 spiro atoms. The molecule has 2 heterocycles. The Kier molecular flexibility index (Phi) is 4.16. The molecule has 4 aromatic rings. The normalized spacial score (nSPS) is 11.0. The van der Waals surface area contributed by atoms with Crippen LogP contribution in [0.3, 0.4) is 0 Å². The van der Waals surface area contributed by atoms with E-state index in [2.05, 4.69) is 15.3 Å². The Morgan fingerprint density at radius 1 is 1.12 bits per heavy atom. The van der Waals surface area contributed by atoms with Crippen LogP contribution in [0.1, 0.15) is 5.82 Å². The van der Waals surface area contributed by atoms with Gasteiger partial charge in [-0.2, -0.15) is 9.61 Å². The molecule has 0 bridgehead atoms. The summed E-state index contributed by atoms with van der Waals surface area (Å²) in [5.41, 5.74) is 0.745. The number of hydrogen-bond acceptors (Lipinski definition) is 7. The van der Waals surface area contributed by atoms with Gasteiger partial charge in [-0.25, -0.2) is 0 Å². The van der Waals surface area contributed by atoms with Gasteiger partial charge in [-0.3, -0.25) is 10.1 Å². The van der Waals surface area contributed by atoms with E-state index in [-0.39, 0.29) is 5.69 Å². The highest BCUT2D eigenvalue weighted by Crippen LogP contribution is 2.29. The summed E-state index contributed by atoms with van der Waals surface area (Å²) >= 11 is 3.02. The molecule has 0 fully saturated rings. The number of nitro benzene ring substituents is 1. The highest BCUT2D eigenvalue weighted by Gasteiger charge is 2.15. The van der Waals surface area contributed by atoms with Gasteiger partial charge in [-0.1, -0.05) is 41.7 Å². The van der Waals surface area contributed by atoms with Crippen molar-refractivity contribution in [3.8, 4) is 10.6 Å². The van der Waals surface area contributed by atoms with Crippen LogP contribution in [0.2, 0.25) is 0 Å². The summed E-state index contributed by atoms with van der Waals surface area (Å²) < 4.78 is 1.70. The van der Waals surface area contributed by atoms with Crippen LogP contribution in [0.4, 0.5) is 5.69 Å². The lowest BCUT2D eigenvalue weighted by Gasteiger charge is -1.98. The highest BCUT2D eigenvalue weighted by atomic mass is 32.2. The largest absolute Gasteiger partial charge is 0.270 e. The molecule has 0 radical (unpaired) electrons. The van der Waals surface area contributed by atoms with Crippen LogP contribution < -0.4 is 0 Å². The van der Waals surface area contributed by atoms with E-state index in [0.717, 1.165) is 10.7 Å². The number of aromatic nitrogens is 4. The molecule has 2 aromatic heterocycles. The van der Waals surface area contributed by atoms with Crippen LogP contribution in [0.15, 0.2) is 59.5 Å². The fourth-order valence-electron chi connectivity index (χ4n) is 2.28. The molecule has 9 heteroatoms. The van der Waals surface area contributed by atoms with Crippen molar-refractivity contribution < 1.29 is 4.92 Å². The van der Waals surface area contributed by atoms with Crippen molar-refractivity contribution in [3.63, 3.8) is 0 Å². The third-order valence-corrected chi connectivity index (χ3v) is 5.43. The minimum absolute atomic E-state index is 0.0447. The van der Waals surface area contributed by atoms with Gasteiger partial charge >= 0.3 is 0 Å². The SMILES string of the molecule is O=[N+]([O-])c1cccc(-c2nn3c(CSc4ccccc4)nnc3s2)c1. The summed E-state index contributed by atoms with van der Waals surface area (Å²) in [5, 5.41) is 24.5. The standard InChI is InChI=1S/C16H11N5O2S2/c22-21(23)12-6-4-5-11(9-12)15-19-20-14(17-18-16(20)25-15)10-24-13-7-2-1-3-8-13/h1-9H,10H2. The zero-order valence-corrected chi connectivity index (χ0v) is 14.4. The molecule has 0 aliphatic carbocycles.